The zero-order valence-electron chi connectivity index (χ0n) is 12.6. The number of hydrogen-bond acceptors (Lipinski definition) is 2. The average Bonchev–Trinajstić information content (AvgIpc) is 2.93. The highest BCUT2D eigenvalue weighted by atomic mass is 35.5. The third-order valence-electron chi connectivity index (χ3n) is 3.34. The number of rotatable bonds is 5. The van der Waals surface area contributed by atoms with E-state index in [1.165, 1.54) is 0 Å². The number of hydrogen-bond donors (Lipinski definition) is 1. The summed E-state index contributed by atoms with van der Waals surface area (Å²) in [7, 11) is 1.59. The fourth-order valence-electron chi connectivity index (χ4n) is 2.04. The summed E-state index contributed by atoms with van der Waals surface area (Å²) in [6, 6.07) is 5.44. The van der Waals surface area contributed by atoms with E-state index in [0.29, 0.717) is 16.5 Å². The third-order valence-corrected chi connectivity index (χ3v) is 3.67. The quantitative estimate of drug-likeness (QED) is 0.917. The Bertz CT molecular complexity index is 634. The van der Waals surface area contributed by atoms with Gasteiger partial charge in [0.1, 0.15) is 0 Å². The summed E-state index contributed by atoms with van der Waals surface area (Å²) < 4.78 is 1.93. The summed E-state index contributed by atoms with van der Waals surface area (Å²) >= 11 is 6.07. The molecule has 0 aliphatic carbocycles. The Morgan fingerprint density at radius 2 is 2.14 bits per heavy atom. The van der Waals surface area contributed by atoms with Crippen LogP contribution >= 0.6 is 11.6 Å². The van der Waals surface area contributed by atoms with Gasteiger partial charge < -0.3 is 5.32 Å². The maximum absolute atomic E-state index is 11.8. The Kier molecular flexibility index (Phi) is 5.02. The van der Waals surface area contributed by atoms with Crippen molar-refractivity contribution in [3.05, 3.63) is 41.2 Å². The lowest BCUT2D eigenvalue weighted by Gasteiger charge is -2.06. The number of aromatic nitrogens is 2. The average molecular weight is 306 g/mol. The Hall–Kier alpha value is -1.81. The lowest BCUT2D eigenvalue weighted by atomic mass is 10.1. The molecule has 1 heterocycles. The van der Waals surface area contributed by atoms with Gasteiger partial charge >= 0.3 is 0 Å². The highest BCUT2D eigenvalue weighted by Gasteiger charge is 2.11. The Morgan fingerprint density at radius 1 is 1.38 bits per heavy atom. The Morgan fingerprint density at radius 3 is 2.81 bits per heavy atom. The van der Waals surface area contributed by atoms with Crippen LogP contribution < -0.4 is 5.32 Å². The molecule has 4 nitrogen and oxygen atoms in total. The molecule has 0 bridgehead atoms. The van der Waals surface area contributed by atoms with Gasteiger partial charge in [0.2, 0.25) is 0 Å². The highest BCUT2D eigenvalue weighted by Crippen LogP contribution is 2.25. The molecule has 0 aliphatic heterocycles. The van der Waals surface area contributed by atoms with Gasteiger partial charge in [-0.15, -0.1) is 0 Å². The summed E-state index contributed by atoms with van der Waals surface area (Å²) in [4.78, 5) is 11.8. The van der Waals surface area contributed by atoms with Crippen molar-refractivity contribution >= 4 is 17.5 Å². The first-order valence-corrected chi connectivity index (χ1v) is 7.43. The van der Waals surface area contributed by atoms with Crippen molar-refractivity contribution in [1.82, 2.24) is 15.1 Å². The topological polar surface area (TPSA) is 46.9 Å². The molecule has 0 saturated heterocycles. The molecule has 1 aromatic carbocycles. The van der Waals surface area contributed by atoms with Crippen LogP contribution in [0.15, 0.2) is 30.6 Å². The lowest BCUT2D eigenvalue weighted by Crippen LogP contribution is -2.18. The second-order valence-corrected chi connectivity index (χ2v) is 5.86. The van der Waals surface area contributed by atoms with Crippen molar-refractivity contribution in [3.8, 4) is 11.1 Å². The van der Waals surface area contributed by atoms with Crippen LogP contribution in [0.4, 0.5) is 0 Å². The van der Waals surface area contributed by atoms with Crippen LogP contribution in [0.3, 0.4) is 0 Å². The molecule has 0 fully saturated rings. The van der Waals surface area contributed by atoms with Gasteiger partial charge in [0.25, 0.3) is 5.91 Å². The summed E-state index contributed by atoms with van der Waals surface area (Å²) in [5, 5.41) is 7.41. The predicted molar refractivity (Wildman–Crippen MR) is 85.5 cm³/mol. The highest BCUT2D eigenvalue weighted by molar-refractivity contribution is 6.34. The van der Waals surface area contributed by atoms with Crippen molar-refractivity contribution in [2.75, 3.05) is 7.05 Å². The predicted octanol–water partition coefficient (Wildman–Crippen LogP) is 3.61. The standard InChI is InChI=1S/C16H20ClN3O/c1-11(2)6-7-20-10-13(9-19-20)12-4-5-15(17)14(8-12)16(21)18-3/h4-5,8-11H,6-7H2,1-3H3,(H,18,21). The minimum atomic E-state index is -0.186. The number of amides is 1. The molecule has 1 amide bonds. The summed E-state index contributed by atoms with van der Waals surface area (Å²) in [5.41, 5.74) is 2.40. The van der Waals surface area contributed by atoms with E-state index in [2.05, 4.69) is 24.3 Å². The van der Waals surface area contributed by atoms with E-state index in [9.17, 15) is 4.79 Å². The van der Waals surface area contributed by atoms with Gasteiger partial charge in [-0.1, -0.05) is 31.5 Å². The monoisotopic (exact) mass is 305 g/mol. The zero-order chi connectivity index (χ0) is 15.4. The number of carbonyl (C=O) groups excluding carboxylic acids is 1. The molecular weight excluding hydrogens is 286 g/mol. The van der Waals surface area contributed by atoms with Gasteiger partial charge in [0.05, 0.1) is 16.8 Å². The van der Waals surface area contributed by atoms with E-state index in [0.717, 1.165) is 24.1 Å². The number of nitrogens with one attached hydrogen (secondary N) is 1. The molecule has 0 saturated carbocycles. The second kappa shape index (κ2) is 6.76. The molecule has 1 N–H and O–H groups in total. The molecule has 0 spiro atoms. The molecule has 0 radical (unpaired) electrons. The molecule has 5 heteroatoms. The van der Waals surface area contributed by atoms with Gasteiger partial charge in [-0.3, -0.25) is 9.48 Å². The molecule has 21 heavy (non-hydrogen) atoms. The van der Waals surface area contributed by atoms with Crippen LogP contribution in [0.1, 0.15) is 30.6 Å². The van der Waals surface area contributed by atoms with E-state index in [1.807, 2.05) is 23.1 Å². The third kappa shape index (κ3) is 3.85. The first-order chi connectivity index (χ1) is 10.0. The van der Waals surface area contributed by atoms with Gasteiger partial charge in [-0.2, -0.15) is 5.10 Å². The Balaban J connectivity index is 2.24. The number of benzene rings is 1. The Labute approximate surface area is 130 Å². The number of nitrogens with zero attached hydrogens (tertiary/aromatic N) is 2. The summed E-state index contributed by atoms with van der Waals surface area (Å²) in [6.07, 6.45) is 4.90. The van der Waals surface area contributed by atoms with Crippen LogP contribution in [0, 0.1) is 5.92 Å². The van der Waals surface area contributed by atoms with Gasteiger partial charge in [0, 0.05) is 25.4 Å². The zero-order valence-corrected chi connectivity index (χ0v) is 13.3. The smallest absolute Gasteiger partial charge is 0.252 e. The number of carbonyl (C=O) groups is 1. The molecule has 0 aliphatic rings. The molecule has 1 aromatic heterocycles. The van der Waals surface area contributed by atoms with Gasteiger partial charge in [0.15, 0.2) is 0 Å². The maximum atomic E-state index is 11.8. The van der Waals surface area contributed by atoms with Crippen molar-refractivity contribution in [2.45, 2.75) is 26.8 Å². The van der Waals surface area contributed by atoms with Crippen molar-refractivity contribution in [2.24, 2.45) is 5.92 Å². The minimum absolute atomic E-state index is 0.186. The first kappa shape index (κ1) is 15.6. The molecule has 0 unspecified atom stereocenters. The SMILES string of the molecule is CNC(=O)c1cc(-c2cnn(CCC(C)C)c2)ccc1Cl. The van der Waals surface area contributed by atoms with E-state index in [-0.39, 0.29) is 5.91 Å². The summed E-state index contributed by atoms with van der Waals surface area (Å²) in [5.74, 6) is 0.460. The second-order valence-electron chi connectivity index (χ2n) is 5.45. The van der Waals surface area contributed by atoms with Crippen molar-refractivity contribution in [3.63, 3.8) is 0 Å². The van der Waals surface area contributed by atoms with E-state index < -0.39 is 0 Å². The lowest BCUT2D eigenvalue weighted by molar-refractivity contribution is 0.0963. The maximum Gasteiger partial charge on any atom is 0.252 e. The molecule has 2 aromatic rings. The molecule has 2 rings (SSSR count). The van der Waals surface area contributed by atoms with Crippen LogP contribution in [0.2, 0.25) is 5.02 Å². The number of aryl methyl sites for hydroxylation is 1. The largest absolute Gasteiger partial charge is 0.355 e. The molecule has 0 atom stereocenters. The fourth-order valence-corrected chi connectivity index (χ4v) is 2.24. The normalized spacial score (nSPS) is 10.9. The molecular formula is C16H20ClN3O. The van der Waals surface area contributed by atoms with Gasteiger partial charge in [-0.25, -0.2) is 0 Å². The summed E-state index contributed by atoms with van der Waals surface area (Å²) in [6.45, 7) is 5.28. The fraction of sp³-hybridized carbons (Fsp3) is 0.375. The van der Waals surface area contributed by atoms with E-state index in [1.54, 1.807) is 19.2 Å². The number of halogens is 1. The van der Waals surface area contributed by atoms with Crippen LogP contribution in [0.25, 0.3) is 11.1 Å². The van der Waals surface area contributed by atoms with Gasteiger partial charge in [-0.05, 0) is 30.0 Å². The van der Waals surface area contributed by atoms with Crippen LogP contribution in [-0.4, -0.2) is 22.7 Å². The minimum Gasteiger partial charge on any atom is -0.355 e. The van der Waals surface area contributed by atoms with Crippen LogP contribution in [-0.2, 0) is 6.54 Å². The van der Waals surface area contributed by atoms with E-state index >= 15 is 0 Å². The first-order valence-electron chi connectivity index (χ1n) is 7.05. The van der Waals surface area contributed by atoms with E-state index in [4.69, 9.17) is 11.6 Å². The van der Waals surface area contributed by atoms with Crippen LogP contribution in [0.5, 0.6) is 0 Å². The van der Waals surface area contributed by atoms with Crippen molar-refractivity contribution < 1.29 is 4.79 Å². The van der Waals surface area contributed by atoms with Crippen molar-refractivity contribution in [1.29, 1.82) is 0 Å². The molecule has 112 valence electrons.